The second-order valence-corrected chi connectivity index (χ2v) is 4.18. The van der Waals surface area contributed by atoms with Crippen LogP contribution in [0.25, 0.3) is 11.0 Å². The van der Waals surface area contributed by atoms with Gasteiger partial charge in [0.25, 0.3) is 0 Å². The molecule has 0 spiro atoms. The molecule has 2 rings (SSSR count). The number of nitrogens with one attached hydrogen (secondary N) is 2. The van der Waals surface area contributed by atoms with Crippen molar-refractivity contribution in [2.24, 2.45) is 0 Å². The molecule has 92 valence electrons. The zero-order chi connectivity index (χ0) is 11.9. The molecule has 1 heterocycles. The molecule has 0 aliphatic heterocycles. The Bertz CT molecular complexity index is 450. The van der Waals surface area contributed by atoms with Crippen LogP contribution in [0.15, 0.2) is 34.9 Å². The summed E-state index contributed by atoms with van der Waals surface area (Å²) < 4.78 is 5.49. The first-order chi connectivity index (χ1) is 8.42. The smallest absolute Gasteiger partial charge is 0.134 e. The number of hydrogen-bond donors (Lipinski definition) is 2. The van der Waals surface area contributed by atoms with E-state index in [1.165, 1.54) is 17.4 Å². The highest BCUT2D eigenvalue weighted by Crippen LogP contribution is 2.20. The normalized spacial score (nSPS) is 11.1. The summed E-state index contributed by atoms with van der Waals surface area (Å²) >= 11 is 0. The first kappa shape index (κ1) is 12.1. The third kappa shape index (κ3) is 3.32. The summed E-state index contributed by atoms with van der Waals surface area (Å²) in [4.78, 5) is 0. The van der Waals surface area contributed by atoms with Gasteiger partial charge in [0.15, 0.2) is 0 Å². The van der Waals surface area contributed by atoms with Gasteiger partial charge in [0.2, 0.25) is 0 Å². The molecule has 0 saturated carbocycles. The minimum atomic E-state index is 0.866. The van der Waals surface area contributed by atoms with E-state index in [4.69, 9.17) is 4.42 Å². The third-order valence-corrected chi connectivity index (χ3v) is 2.78. The van der Waals surface area contributed by atoms with Crippen LogP contribution in [0.5, 0.6) is 0 Å². The number of hydrogen-bond acceptors (Lipinski definition) is 3. The van der Waals surface area contributed by atoms with E-state index < -0.39 is 0 Å². The molecule has 0 unspecified atom stereocenters. The van der Waals surface area contributed by atoms with Gasteiger partial charge < -0.3 is 15.1 Å². The molecule has 1 aromatic heterocycles. The average molecular weight is 232 g/mol. The number of rotatable bonds is 7. The number of fused-ring (bicyclic) bond motifs is 1. The van der Waals surface area contributed by atoms with Crippen LogP contribution in [0.4, 0.5) is 0 Å². The predicted octanol–water partition coefficient (Wildman–Crippen LogP) is 2.52. The third-order valence-electron chi connectivity index (χ3n) is 2.78. The first-order valence-corrected chi connectivity index (χ1v) is 6.28. The van der Waals surface area contributed by atoms with Crippen LogP contribution in [-0.2, 0) is 6.54 Å². The number of benzene rings is 1. The zero-order valence-electron chi connectivity index (χ0n) is 10.3. The van der Waals surface area contributed by atoms with Crippen LogP contribution in [0.3, 0.4) is 0 Å². The first-order valence-electron chi connectivity index (χ1n) is 6.28. The standard InChI is InChI=1S/C14H20N2O/c1-2-7-15-8-9-16-10-12-11-17-14-6-4-3-5-13(12)14/h3-6,11,15-16H,2,7-10H2,1H3. The van der Waals surface area contributed by atoms with Crippen LogP contribution in [0, 0.1) is 0 Å². The van der Waals surface area contributed by atoms with Gasteiger partial charge in [-0.1, -0.05) is 25.1 Å². The molecule has 3 heteroatoms. The summed E-state index contributed by atoms with van der Waals surface area (Å²) in [7, 11) is 0. The van der Waals surface area contributed by atoms with E-state index in [0.29, 0.717) is 0 Å². The lowest BCUT2D eigenvalue weighted by molar-refractivity contribution is 0.588. The molecule has 2 N–H and O–H groups in total. The Morgan fingerprint density at radius 1 is 1.06 bits per heavy atom. The lowest BCUT2D eigenvalue weighted by Crippen LogP contribution is -2.27. The van der Waals surface area contributed by atoms with Crippen molar-refractivity contribution >= 4 is 11.0 Å². The van der Waals surface area contributed by atoms with E-state index in [2.05, 4.69) is 23.6 Å². The Kier molecular flexibility index (Phi) is 4.59. The maximum atomic E-state index is 5.49. The van der Waals surface area contributed by atoms with Crippen LogP contribution in [0.2, 0.25) is 0 Å². The Balaban J connectivity index is 1.79. The topological polar surface area (TPSA) is 37.2 Å². The van der Waals surface area contributed by atoms with E-state index in [9.17, 15) is 0 Å². The Morgan fingerprint density at radius 3 is 2.76 bits per heavy atom. The van der Waals surface area contributed by atoms with Gasteiger partial charge in [-0.2, -0.15) is 0 Å². The quantitative estimate of drug-likeness (QED) is 0.720. The molecule has 0 atom stereocenters. The maximum Gasteiger partial charge on any atom is 0.134 e. The molecule has 0 aliphatic rings. The van der Waals surface area contributed by atoms with E-state index in [0.717, 1.165) is 31.8 Å². The van der Waals surface area contributed by atoms with Gasteiger partial charge in [0, 0.05) is 30.6 Å². The highest BCUT2D eigenvalue weighted by molar-refractivity contribution is 5.80. The van der Waals surface area contributed by atoms with Crippen molar-refractivity contribution in [2.75, 3.05) is 19.6 Å². The maximum absolute atomic E-state index is 5.49. The molecule has 0 radical (unpaired) electrons. The molecule has 0 aliphatic carbocycles. The summed E-state index contributed by atoms with van der Waals surface area (Å²) in [5.41, 5.74) is 2.20. The Morgan fingerprint density at radius 2 is 1.88 bits per heavy atom. The van der Waals surface area contributed by atoms with Gasteiger partial charge in [-0.05, 0) is 19.0 Å². The summed E-state index contributed by atoms with van der Waals surface area (Å²) in [6, 6.07) is 8.15. The van der Waals surface area contributed by atoms with Crippen molar-refractivity contribution < 1.29 is 4.42 Å². The molecule has 2 aromatic rings. The fraction of sp³-hybridized carbons (Fsp3) is 0.429. The molecule has 1 aromatic carbocycles. The van der Waals surface area contributed by atoms with Crippen LogP contribution >= 0.6 is 0 Å². The fourth-order valence-electron chi connectivity index (χ4n) is 1.87. The second-order valence-electron chi connectivity index (χ2n) is 4.18. The SMILES string of the molecule is CCCNCCNCc1coc2ccccc12. The molecule has 0 amide bonds. The van der Waals surface area contributed by atoms with Crippen molar-refractivity contribution in [3.05, 3.63) is 36.1 Å². The predicted molar refractivity (Wildman–Crippen MR) is 71.1 cm³/mol. The van der Waals surface area contributed by atoms with Crippen molar-refractivity contribution in [1.82, 2.24) is 10.6 Å². The molecule has 0 saturated heterocycles. The highest BCUT2D eigenvalue weighted by atomic mass is 16.3. The summed E-state index contributed by atoms with van der Waals surface area (Å²) in [5.74, 6) is 0. The minimum absolute atomic E-state index is 0.866. The Labute approximate surface area is 102 Å². The summed E-state index contributed by atoms with van der Waals surface area (Å²) in [6.07, 6.45) is 3.03. The summed E-state index contributed by atoms with van der Waals surface area (Å²) in [5, 5.41) is 7.99. The van der Waals surface area contributed by atoms with Gasteiger partial charge in [-0.3, -0.25) is 0 Å². The average Bonchev–Trinajstić information content (AvgIpc) is 2.77. The fourth-order valence-corrected chi connectivity index (χ4v) is 1.87. The number of para-hydroxylation sites is 1. The van der Waals surface area contributed by atoms with Gasteiger partial charge in [-0.25, -0.2) is 0 Å². The molecule has 0 bridgehead atoms. The lowest BCUT2D eigenvalue weighted by Gasteiger charge is -2.04. The molecular weight excluding hydrogens is 212 g/mol. The van der Waals surface area contributed by atoms with Crippen molar-refractivity contribution in [3.8, 4) is 0 Å². The summed E-state index contributed by atoms with van der Waals surface area (Å²) in [6.45, 7) is 6.14. The number of furan rings is 1. The lowest BCUT2D eigenvalue weighted by atomic mass is 10.2. The zero-order valence-corrected chi connectivity index (χ0v) is 10.3. The van der Waals surface area contributed by atoms with E-state index in [1.807, 2.05) is 24.5 Å². The molecule has 0 fully saturated rings. The van der Waals surface area contributed by atoms with Gasteiger partial charge in [0.1, 0.15) is 5.58 Å². The van der Waals surface area contributed by atoms with Gasteiger partial charge >= 0.3 is 0 Å². The van der Waals surface area contributed by atoms with Crippen molar-refractivity contribution in [2.45, 2.75) is 19.9 Å². The van der Waals surface area contributed by atoms with Gasteiger partial charge in [0.05, 0.1) is 6.26 Å². The highest BCUT2D eigenvalue weighted by Gasteiger charge is 2.03. The van der Waals surface area contributed by atoms with E-state index in [1.54, 1.807) is 0 Å². The van der Waals surface area contributed by atoms with Crippen molar-refractivity contribution in [1.29, 1.82) is 0 Å². The van der Waals surface area contributed by atoms with Crippen molar-refractivity contribution in [3.63, 3.8) is 0 Å². The Hall–Kier alpha value is -1.32. The van der Waals surface area contributed by atoms with Crippen LogP contribution in [0.1, 0.15) is 18.9 Å². The monoisotopic (exact) mass is 232 g/mol. The van der Waals surface area contributed by atoms with Crippen LogP contribution in [-0.4, -0.2) is 19.6 Å². The van der Waals surface area contributed by atoms with Crippen LogP contribution < -0.4 is 10.6 Å². The molecule has 3 nitrogen and oxygen atoms in total. The van der Waals surface area contributed by atoms with Gasteiger partial charge in [-0.15, -0.1) is 0 Å². The molecular formula is C14H20N2O. The minimum Gasteiger partial charge on any atom is -0.464 e. The largest absolute Gasteiger partial charge is 0.464 e. The molecule has 17 heavy (non-hydrogen) atoms. The van der Waals surface area contributed by atoms with E-state index >= 15 is 0 Å². The second kappa shape index (κ2) is 6.42. The van der Waals surface area contributed by atoms with E-state index in [-0.39, 0.29) is 0 Å².